The van der Waals surface area contributed by atoms with Crippen LogP contribution >= 0.6 is 11.6 Å². The molecule has 0 bridgehead atoms. The number of hydrogen-bond donors (Lipinski definition) is 0. The first-order valence-corrected chi connectivity index (χ1v) is 4.88. The maximum absolute atomic E-state index is 11.4. The number of methoxy groups -OCH3 is 1. The smallest absolute Gasteiger partial charge is 0.338 e. The van der Waals surface area contributed by atoms with Gasteiger partial charge in [0.05, 0.1) is 12.7 Å². The van der Waals surface area contributed by atoms with Crippen molar-refractivity contribution < 1.29 is 9.53 Å². The van der Waals surface area contributed by atoms with Gasteiger partial charge in [-0.3, -0.25) is 0 Å². The van der Waals surface area contributed by atoms with Crippen LogP contribution in [0.1, 0.15) is 27.0 Å². The molecule has 0 radical (unpaired) electrons. The summed E-state index contributed by atoms with van der Waals surface area (Å²) in [6.07, 6.45) is 0. The van der Waals surface area contributed by atoms with Crippen molar-refractivity contribution in [3.05, 3.63) is 34.4 Å². The van der Waals surface area contributed by atoms with Crippen molar-refractivity contribution in [1.82, 2.24) is 0 Å². The van der Waals surface area contributed by atoms with Crippen LogP contribution in [-0.4, -0.2) is 13.1 Å². The van der Waals surface area contributed by atoms with E-state index in [9.17, 15) is 4.79 Å². The average Bonchev–Trinajstić information content (AvgIpc) is 2.16. The molecule has 0 saturated carbocycles. The van der Waals surface area contributed by atoms with E-state index in [-0.39, 0.29) is 5.97 Å². The van der Waals surface area contributed by atoms with Gasteiger partial charge in [0.2, 0.25) is 0 Å². The molecule has 0 spiro atoms. The van der Waals surface area contributed by atoms with Gasteiger partial charge in [-0.15, -0.1) is 11.6 Å². The zero-order valence-electron chi connectivity index (χ0n) is 8.56. The SMILES string of the molecule is COC(=O)c1c(C)cc(CCl)cc1C. The molecule has 0 amide bonds. The van der Waals surface area contributed by atoms with Gasteiger partial charge in [-0.1, -0.05) is 12.1 Å². The molecular weight excluding hydrogens is 200 g/mol. The Balaban J connectivity index is 3.25. The molecule has 3 heteroatoms. The number of hydrogen-bond acceptors (Lipinski definition) is 2. The predicted molar refractivity (Wildman–Crippen MR) is 56.8 cm³/mol. The summed E-state index contributed by atoms with van der Waals surface area (Å²) in [6.45, 7) is 3.77. The molecule has 0 aliphatic carbocycles. The number of alkyl halides is 1. The Hall–Kier alpha value is -1.02. The molecule has 1 rings (SSSR count). The second kappa shape index (κ2) is 4.47. The third-order valence-electron chi connectivity index (χ3n) is 2.14. The van der Waals surface area contributed by atoms with Crippen LogP contribution in [0.2, 0.25) is 0 Å². The van der Waals surface area contributed by atoms with Crippen LogP contribution in [0.15, 0.2) is 12.1 Å². The summed E-state index contributed by atoms with van der Waals surface area (Å²) in [4.78, 5) is 11.4. The zero-order chi connectivity index (χ0) is 10.7. The largest absolute Gasteiger partial charge is 0.465 e. The standard InChI is InChI=1S/C11H13ClO2/c1-7-4-9(6-12)5-8(2)10(7)11(13)14-3/h4-5H,6H2,1-3H3. The first-order valence-electron chi connectivity index (χ1n) is 4.34. The molecular formula is C11H13ClO2. The van der Waals surface area contributed by atoms with E-state index in [2.05, 4.69) is 0 Å². The minimum atomic E-state index is -0.291. The van der Waals surface area contributed by atoms with Gasteiger partial charge in [0, 0.05) is 5.88 Å². The summed E-state index contributed by atoms with van der Waals surface area (Å²) in [7, 11) is 1.39. The number of aryl methyl sites for hydroxylation is 2. The Morgan fingerprint density at radius 3 is 2.21 bits per heavy atom. The van der Waals surface area contributed by atoms with Gasteiger partial charge < -0.3 is 4.74 Å². The molecule has 0 aliphatic rings. The quantitative estimate of drug-likeness (QED) is 0.557. The Bertz CT molecular complexity index is 335. The lowest BCUT2D eigenvalue weighted by atomic mass is 10.00. The van der Waals surface area contributed by atoms with Gasteiger partial charge in [-0.2, -0.15) is 0 Å². The molecule has 14 heavy (non-hydrogen) atoms. The second-order valence-electron chi connectivity index (χ2n) is 3.23. The van der Waals surface area contributed by atoms with Crippen LogP contribution in [-0.2, 0) is 10.6 Å². The van der Waals surface area contributed by atoms with E-state index < -0.39 is 0 Å². The first kappa shape index (κ1) is 11.1. The summed E-state index contributed by atoms with van der Waals surface area (Å²) in [5, 5.41) is 0. The van der Waals surface area contributed by atoms with Gasteiger partial charge >= 0.3 is 5.97 Å². The van der Waals surface area contributed by atoms with Crippen molar-refractivity contribution in [1.29, 1.82) is 0 Å². The second-order valence-corrected chi connectivity index (χ2v) is 3.50. The molecule has 76 valence electrons. The third-order valence-corrected chi connectivity index (χ3v) is 2.44. The van der Waals surface area contributed by atoms with Crippen LogP contribution in [0.4, 0.5) is 0 Å². The molecule has 1 aromatic rings. The van der Waals surface area contributed by atoms with E-state index in [1.54, 1.807) is 0 Å². The van der Waals surface area contributed by atoms with Crippen molar-refractivity contribution >= 4 is 17.6 Å². The lowest BCUT2D eigenvalue weighted by Crippen LogP contribution is -2.07. The summed E-state index contributed by atoms with van der Waals surface area (Å²) in [5.74, 6) is 0.171. The lowest BCUT2D eigenvalue weighted by molar-refractivity contribution is 0.0599. The van der Waals surface area contributed by atoms with E-state index >= 15 is 0 Å². The van der Waals surface area contributed by atoms with Gasteiger partial charge in [0.1, 0.15) is 0 Å². The van der Waals surface area contributed by atoms with Crippen LogP contribution in [0, 0.1) is 13.8 Å². The molecule has 0 N–H and O–H groups in total. The normalized spacial score (nSPS) is 10.0. The van der Waals surface area contributed by atoms with E-state index in [4.69, 9.17) is 16.3 Å². The maximum atomic E-state index is 11.4. The van der Waals surface area contributed by atoms with Crippen LogP contribution < -0.4 is 0 Å². The highest BCUT2D eigenvalue weighted by molar-refractivity contribution is 6.17. The molecule has 0 aromatic heterocycles. The highest BCUT2D eigenvalue weighted by Gasteiger charge is 2.12. The van der Waals surface area contributed by atoms with Gasteiger partial charge in [0.15, 0.2) is 0 Å². The third kappa shape index (κ3) is 2.07. The Kier molecular flexibility index (Phi) is 3.53. The summed E-state index contributed by atoms with van der Waals surface area (Å²) < 4.78 is 4.70. The van der Waals surface area contributed by atoms with Crippen molar-refractivity contribution in [2.75, 3.05) is 7.11 Å². The Morgan fingerprint density at radius 1 is 1.36 bits per heavy atom. The topological polar surface area (TPSA) is 26.3 Å². The summed E-state index contributed by atoms with van der Waals surface area (Å²) >= 11 is 5.72. The highest BCUT2D eigenvalue weighted by atomic mass is 35.5. The van der Waals surface area contributed by atoms with Crippen molar-refractivity contribution in [3.8, 4) is 0 Å². The fourth-order valence-electron chi connectivity index (χ4n) is 1.55. The number of esters is 1. The zero-order valence-corrected chi connectivity index (χ0v) is 9.31. The number of rotatable bonds is 2. The Labute approximate surface area is 88.8 Å². The van der Waals surface area contributed by atoms with Crippen LogP contribution in [0.25, 0.3) is 0 Å². The minimum absolute atomic E-state index is 0.291. The fraction of sp³-hybridized carbons (Fsp3) is 0.364. The van der Waals surface area contributed by atoms with Crippen LogP contribution in [0.3, 0.4) is 0 Å². The number of benzene rings is 1. The monoisotopic (exact) mass is 212 g/mol. The predicted octanol–water partition coefficient (Wildman–Crippen LogP) is 2.83. The fourth-order valence-corrected chi connectivity index (χ4v) is 1.71. The summed E-state index contributed by atoms with van der Waals surface area (Å²) in [5.41, 5.74) is 3.48. The molecule has 0 unspecified atom stereocenters. The lowest BCUT2D eigenvalue weighted by Gasteiger charge is -2.09. The molecule has 2 nitrogen and oxygen atoms in total. The van der Waals surface area contributed by atoms with Crippen molar-refractivity contribution in [2.45, 2.75) is 19.7 Å². The number of carbonyl (C=O) groups is 1. The number of ether oxygens (including phenoxy) is 1. The van der Waals surface area contributed by atoms with Gasteiger partial charge in [-0.05, 0) is 30.5 Å². The summed E-state index contributed by atoms with van der Waals surface area (Å²) in [6, 6.07) is 3.82. The molecule has 1 aromatic carbocycles. The van der Waals surface area contributed by atoms with E-state index in [1.165, 1.54) is 7.11 Å². The minimum Gasteiger partial charge on any atom is -0.465 e. The van der Waals surface area contributed by atoms with Crippen LogP contribution in [0.5, 0.6) is 0 Å². The van der Waals surface area contributed by atoms with E-state index in [1.807, 2.05) is 26.0 Å². The number of halogens is 1. The molecule has 0 heterocycles. The van der Waals surface area contributed by atoms with Gasteiger partial charge in [0.25, 0.3) is 0 Å². The maximum Gasteiger partial charge on any atom is 0.338 e. The Morgan fingerprint density at radius 2 is 1.86 bits per heavy atom. The van der Waals surface area contributed by atoms with E-state index in [0.717, 1.165) is 16.7 Å². The molecule has 0 aliphatic heterocycles. The first-order chi connectivity index (χ1) is 6.60. The molecule has 0 fully saturated rings. The molecule has 0 saturated heterocycles. The average molecular weight is 213 g/mol. The van der Waals surface area contributed by atoms with Gasteiger partial charge in [-0.25, -0.2) is 4.79 Å². The number of carbonyl (C=O) groups excluding carboxylic acids is 1. The highest BCUT2D eigenvalue weighted by Crippen LogP contribution is 2.18. The van der Waals surface area contributed by atoms with Crippen molar-refractivity contribution in [3.63, 3.8) is 0 Å². The van der Waals surface area contributed by atoms with Crippen molar-refractivity contribution in [2.24, 2.45) is 0 Å². The van der Waals surface area contributed by atoms with E-state index in [0.29, 0.717) is 11.4 Å². The molecule has 0 atom stereocenters.